The molecule has 2 aliphatic heterocycles. The smallest absolute Gasteiger partial charge is 0.289 e. The van der Waals surface area contributed by atoms with Gasteiger partial charge in [0.15, 0.2) is 5.76 Å². The molecule has 2 amide bonds. The molecule has 8 nitrogen and oxygen atoms in total. The fourth-order valence-electron chi connectivity index (χ4n) is 3.65. The Morgan fingerprint density at radius 3 is 2.14 bits per heavy atom. The molecule has 0 atom stereocenters. The Morgan fingerprint density at radius 2 is 1.57 bits per heavy atom. The van der Waals surface area contributed by atoms with Crippen LogP contribution in [-0.2, 0) is 0 Å². The monoisotopic (exact) mass is 383 g/mol. The van der Waals surface area contributed by atoms with Gasteiger partial charge in [-0.1, -0.05) is 6.92 Å². The van der Waals surface area contributed by atoms with E-state index in [1.807, 2.05) is 0 Å². The van der Waals surface area contributed by atoms with Gasteiger partial charge in [0.25, 0.3) is 11.8 Å². The fraction of sp³-hybridized carbons (Fsp3) is 0.500. The molecule has 0 aliphatic carbocycles. The Balaban J connectivity index is 1.33. The average Bonchev–Trinajstić information content (AvgIpc) is 3.28. The topological polar surface area (TPSA) is 82.8 Å². The first kappa shape index (κ1) is 18.5. The molecule has 2 aromatic rings. The van der Waals surface area contributed by atoms with Crippen molar-refractivity contribution in [1.82, 2.24) is 19.8 Å². The van der Waals surface area contributed by atoms with E-state index in [0.29, 0.717) is 43.5 Å². The van der Waals surface area contributed by atoms with Crippen LogP contribution in [0.25, 0.3) is 0 Å². The van der Waals surface area contributed by atoms with Crippen LogP contribution in [0.2, 0.25) is 0 Å². The molecule has 28 heavy (non-hydrogen) atoms. The molecule has 0 bridgehead atoms. The third-order valence-corrected chi connectivity index (χ3v) is 5.54. The maximum Gasteiger partial charge on any atom is 0.289 e. The molecule has 4 rings (SSSR count). The van der Waals surface area contributed by atoms with Crippen molar-refractivity contribution in [3.8, 4) is 0 Å². The van der Waals surface area contributed by atoms with Crippen molar-refractivity contribution >= 4 is 17.8 Å². The van der Waals surface area contributed by atoms with Crippen molar-refractivity contribution < 1.29 is 14.0 Å². The second-order valence-electron chi connectivity index (χ2n) is 7.50. The molecule has 0 N–H and O–H groups in total. The van der Waals surface area contributed by atoms with E-state index in [-0.39, 0.29) is 11.8 Å². The molecular weight excluding hydrogens is 358 g/mol. The maximum atomic E-state index is 12.7. The highest BCUT2D eigenvalue weighted by Crippen LogP contribution is 2.20. The van der Waals surface area contributed by atoms with Crippen LogP contribution < -0.4 is 4.90 Å². The van der Waals surface area contributed by atoms with Gasteiger partial charge in [-0.15, -0.1) is 0 Å². The van der Waals surface area contributed by atoms with Crippen molar-refractivity contribution in [2.75, 3.05) is 44.2 Å². The van der Waals surface area contributed by atoms with E-state index < -0.39 is 0 Å². The van der Waals surface area contributed by atoms with Gasteiger partial charge in [-0.3, -0.25) is 9.59 Å². The van der Waals surface area contributed by atoms with E-state index in [2.05, 4.69) is 21.8 Å². The molecule has 2 aliphatic rings. The third kappa shape index (κ3) is 3.85. The van der Waals surface area contributed by atoms with Crippen LogP contribution >= 0.6 is 0 Å². The highest BCUT2D eigenvalue weighted by molar-refractivity contribution is 5.94. The summed E-state index contributed by atoms with van der Waals surface area (Å²) in [5.41, 5.74) is 0.486. The van der Waals surface area contributed by atoms with E-state index in [1.165, 1.54) is 6.26 Å². The Labute approximate surface area is 164 Å². The standard InChI is InChI=1S/C20H25N5O3/c1-15-4-6-25(7-5-15)20-21-13-16(14-22-20)18(26)23-8-10-24(11-9-23)19(27)17-3-2-12-28-17/h2-3,12-15H,4-11H2,1H3. The van der Waals surface area contributed by atoms with Gasteiger partial charge in [-0.05, 0) is 30.9 Å². The summed E-state index contributed by atoms with van der Waals surface area (Å²) in [5.74, 6) is 1.54. The SMILES string of the molecule is CC1CCN(c2ncc(C(=O)N3CCN(C(=O)c4ccco4)CC3)cn2)CC1. The van der Waals surface area contributed by atoms with E-state index in [4.69, 9.17) is 4.42 Å². The molecule has 2 aromatic heterocycles. The van der Waals surface area contributed by atoms with Gasteiger partial charge >= 0.3 is 0 Å². The Kier molecular flexibility index (Phi) is 5.27. The number of nitrogens with zero attached hydrogens (tertiary/aromatic N) is 5. The first-order valence-electron chi connectivity index (χ1n) is 9.81. The van der Waals surface area contributed by atoms with Crippen molar-refractivity contribution in [3.63, 3.8) is 0 Å². The zero-order chi connectivity index (χ0) is 19.5. The molecule has 2 fully saturated rings. The summed E-state index contributed by atoms with van der Waals surface area (Å²) >= 11 is 0. The average molecular weight is 383 g/mol. The highest BCUT2D eigenvalue weighted by Gasteiger charge is 2.27. The molecule has 0 aromatic carbocycles. The zero-order valence-electron chi connectivity index (χ0n) is 16.1. The minimum atomic E-state index is -0.138. The van der Waals surface area contributed by atoms with Gasteiger partial charge in [0, 0.05) is 51.7 Å². The first-order valence-corrected chi connectivity index (χ1v) is 9.81. The zero-order valence-corrected chi connectivity index (χ0v) is 16.1. The quantitative estimate of drug-likeness (QED) is 0.805. The minimum Gasteiger partial charge on any atom is -0.459 e. The summed E-state index contributed by atoms with van der Waals surface area (Å²) in [4.78, 5) is 39.5. The van der Waals surface area contributed by atoms with Crippen LogP contribution in [0.4, 0.5) is 5.95 Å². The van der Waals surface area contributed by atoms with Crippen molar-refractivity contribution in [3.05, 3.63) is 42.1 Å². The number of carbonyl (C=O) groups excluding carboxylic acids is 2. The summed E-state index contributed by atoms with van der Waals surface area (Å²) < 4.78 is 5.17. The normalized spacial score (nSPS) is 18.4. The number of hydrogen-bond donors (Lipinski definition) is 0. The molecular formula is C20H25N5O3. The van der Waals surface area contributed by atoms with E-state index in [9.17, 15) is 9.59 Å². The second-order valence-corrected chi connectivity index (χ2v) is 7.50. The van der Waals surface area contributed by atoms with Gasteiger partial charge < -0.3 is 19.1 Å². The number of aromatic nitrogens is 2. The number of furan rings is 1. The Morgan fingerprint density at radius 1 is 0.964 bits per heavy atom. The summed E-state index contributed by atoms with van der Waals surface area (Å²) in [7, 11) is 0. The maximum absolute atomic E-state index is 12.7. The first-order chi connectivity index (χ1) is 13.6. The Bertz CT molecular complexity index is 805. The molecule has 0 radical (unpaired) electrons. The summed E-state index contributed by atoms with van der Waals surface area (Å²) in [6.45, 7) is 6.11. The predicted molar refractivity (Wildman–Crippen MR) is 103 cm³/mol. The van der Waals surface area contributed by atoms with Crippen LogP contribution in [0, 0.1) is 5.92 Å². The molecule has 4 heterocycles. The van der Waals surface area contributed by atoms with Gasteiger partial charge in [-0.25, -0.2) is 9.97 Å². The molecule has 2 saturated heterocycles. The number of hydrogen-bond acceptors (Lipinski definition) is 6. The molecule has 0 unspecified atom stereocenters. The lowest BCUT2D eigenvalue weighted by atomic mass is 10.00. The minimum absolute atomic E-state index is 0.0936. The van der Waals surface area contributed by atoms with Crippen LogP contribution in [0.1, 0.15) is 40.7 Å². The number of piperazine rings is 1. The van der Waals surface area contributed by atoms with Crippen molar-refractivity contribution in [1.29, 1.82) is 0 Å². The lowest BCUT2D eigenvalue weighted by molar-refractivity contribution is 0.0517. The predicted octanol–water partition coefficient (Wildman–Crippen LogP) is 1.90. The van der Waals surface area contributed by atoms with Crippen LogP contribution in [0.5, 0.6) is 0 Å². The van der Waals surface area contributed by atoms with Crippen LogP contribution in [0.15, 0.2) is 35.2 Å². The van der Waals surface area contributed by atoms with Crippen molar-refractivity contribution in [2.24, 2.45) is 5.92 Å². The number of carbonyl (C=O) groups is 2. The fourth-order valence-corrected chi connectivity index (χ4v) is 3.65. The summed E-state index contributed by atoms with van der Waals surface area (Å²) in [6, 6.07) is 3.35. The number of rotatable bonds is 3. The Hall–Kier alpha value is -2.90. The molecule has 0 saturated carbocycles. The lowest BCUT2D eigenvalue weighted by Gasteiger charge is -2.34. The van der Waals surface area contributed by atoms with Gasteiger partial charge in [-0.2, -0.15) is 0 Å². The van der Waals surface area contributed by atoms with Gasteiger partial charge in [0.05, 0.1) is 11.8 Å². The number of anilines is 1. The summed E-state index contributed by atoms with van der Waals surface area (Å²) in [6.07, 6.45) is 7.00. The van der Waals surface area contributed by atoms with E-state index in [0.717, 1.165) is 31.8 Å². The summed E-state index contributed by atoms with van der Waals surface area (Å²) in [5, 5.41) is 0. The number of piperidine rings is 1. The van der Waals surface area contributed by atoms with E-state index in [1.54, 1.807) is 34.3 Å². The van der Waals surface area contributed by atoms with Crippen LogP contribution in [0.3, 0.4) is 0 Å². The molecule has 148 valence electrons. The van der Waals surface area contributed by atoms with Crippen molar-refractivity contribution in [2.45, 2.75) is 19.8 Å². The number of amides is 2. The largest absolute Gasteiger partial charge is 0.459 e. The van der Waals surface area contributed by atoms with Gasteiger partial charge in [0.1, 0.15) is 0 Å². The van der Waals surface area contributed by atoms with Crippen LogP contribution in [-0.4, -0.2) is 70.9 Å². The highest BCUT2D eigenvalue weighted by atomic mass is 16.3. The molecule has 8 heteroatoms. The van der Waals surface area contributed by atoms with Gasteiger partial charge in [0.2, 0.25) is 5.95 Å². The second kappa shape index (κ2) is 8.00. The molecule has 0 spiro atoms. The lowest BCUT2D eigenvalue weighted by Crippen LogP contribution is -2.50. The van der Waals surface area contributed by atoms with E-state index >= 15 is 0 Å². The third-order valence-electron chi connectivity index (χ3n) is 5.54.